The molecular weight excluding hydrogens is 330 g/mol. The zero-order chi connectivity index (χ0) is 18.1. The van der Waals surface area contributed by atoms with Crippen LogP contribution in [0, 0.1) is 0 Å². The molecule has 1 saturated heterocycles. The summed E-state index contributed by atoms with van der Waals surface area (Å²) in [6.07, 6.45) is 2.79. The molecule has 0 saturated carbocycles. The molecular formula is C21H23NO4. The van der Waals surface area contributed by atoms with Gasteiger partial charge in [0.2, 0.25) is 0 Å². The van der Waals surface area contributed by atoms with E-state index in [9.17, 15) is 4.79 Å². The van der Waals surface area contributed by atoms with E-state index in [0.717, 1.165) is 59.7 Å². The monoisotopic (exact) mass is 353 g/mol. The molecule has 1 atom stereocenters. The van der Waals surface area contributed by atoms with Crippen molar-refractivity contribution < 1.29 is 19.0 Å². The highest BCUT2D eigenvalue weighted by Crippen LogP contribution is 2.39. The average molecular weight is 353 g/mol. The third-order valence-electron chi connectivity index (χ3n) is 5.25. The van der Waals surface area contributed by atoms with Crippen molar-refractivity contribution in [2.24, 2.45) is 0 Å². The molecule has 1 amide bonds. The summed E-state index contributed by atoms with van der Waals surface area (Å²) in [6, 6.07) is 11.6. The van der Waals surface area contributed by atoms with E-state index in [1.54, 1.807) is 14.2 Å². The number of ether oxygens (including phenoxy) is 3. The van der Waals surface area contributed by atoms with Gasteiger partial charge in [-0.2, -0.15) is 0 Å². The molecule has 2 aromatic carbocycles. The molecule has 0 aliphatic carbocycles. The predicted molar refractivity (Wildman–Crippen MR) is 98.2 cm³/mol. The minimum atomic E-state index is 0.0212. The molecule has 2 heterocycles. The molecule has 26 heavy (non-hydrogen) atoms. The molecule has 2 aliphatic heterocycles. The normalized spacial score (nSPS) is 18.4. The molecule has 5 nitrogen and oxygen atoms in total. The second kappa shape index (κ2) is 6.90. The Bertz CT molecular complexity index is 833. The summed E-state index contributed by atoms with van der Waals surface area (Å²) >= 11 is 0. The maximum Gasteiger partial charge on any atom is 0.254 e. The van der Waals surface area contributed by atoms with Gasteiger partial charge in [-0.25, -0.2) is 0 Å². The van der Waals surface area contributed by atoms with Crippen LogP contribution < -0.4 is 14.2 Å². The van der Waals surface area contributed by atoms with Gasteiger partial charge in [0.25, 0.3) is 5.91 Å². The van der Waals surface area contributed by atoms with E-state index in [-0.39, 0.29) is 11.9 Å². The van der Waals surface area contributed by atoms with Crippen LogP contribution in [0.2, 0.25) is 0 Å². The van der Waals surface area contributed by atoms with Crippen molar-refractivity contribution in [3.63, 3.8) is 0 Å². The Morgan fingerprint density at radius 1 is 1.15 bits per heavy atom. The van der Waals surface area contributed by atoms with Crippen LogP contribution in [0.1, 0.15) is 40.4 Å². The molecule has 0 bridgehead atoms. The summed E-state index contributed by atoms with van der Waals surface area (Å²) in [5.74, 6) is 2.48. The first-order valence-corrected chi connectivity index (χ1v) is 9.00. The predicted octanol–water partition coefficient (Wildman–Crippen LogP) is 3.62. The molecule has 2 aliphatic rings. The Morgan fingerprint density at radius 2 is 2.04 bits per heavy atom. The van der Waals surface area contributed by atoms with E-state index in [0.29, 0.717) is 6.61 Å². The van der Waals surface area contributed by atoms with Crippen LogP contribution in [-0.2, 0) is 6.42 Å². The highest BCUT2D eigenvalue weighted by Gasteiger charge is 2.33. The Balaban J connectivity index is 1.63. The lowest BCUT2D eigenvalue weighted by atomic mass is 10.0. The van der Waals surface area contributed by atoms with Crippen molar-refractivity contribution in [3.05, 3.63) is 53.1 Å². The second-order valence-electron chi connectivity index (χ2n) is 6.69. The first kappa shape index (κ1) is 16.8. The summed E-state index contributed by atoms with van der Waals surface area (Å²) in [7, 11) is 3.29. The smallest absolute Gasteiger partial charge is 0.254 e. The SMILES string of the molecule is COc1ccc(C2CCCN2C(=O)c2ccc3c(c2)CCO3)c(OC)c1. The number of likely N-dealkylation sites (tertiary alicyclic amines) is 1. The molecule has 5 heteroatoms. The number of amides is 1. The highest BCUT2D eigenvalue weighted by molar-refractivity contribution is 5.95. The van der Waals surface area contributed by atoms with Gasteiger partial charge in [-0.1, -0.05) is 0 Å². The van der Waals surface area contributed by atoms with Gasteiger partial charge in [-0.3, -0.25) is 4.79 Å². The second-order valence-corrected chi connectivity index (χ2v) is 6.69. The molecule has 1 unspecified atom stereocenters. The number of hydrogen-bond acceptors (Lipinski definition) is 4. The summed E-state index contributed by atoms with van der Waals surface area (Å²) in [5, 5.41) is 0. The molecule has 0 spiro atoms. The van der Waals surface area contributed by atoms with Crippen LogP contribution in [0.15, 0.2) is 36.4 Å². The lowest BCUT2D eigenvalue weighted by Crippen LogP contribution is -2.30. The number of carbonyl (C=O) groups is 1. The number of carbonyl (C=O) groups excluding carboxylic acids is 1. The van der Waals surface area contributed by atoms with Crippen LogP contribution in [0.3, 0.4) is 0 Å². The van der Waals surface area contributed by atoms with Crippen LogP contribution in [-0.4, -0.2) is 38.2 Å². The van der Waals surface area contributed by atoms with Crippen molar-refractivity contribution >= 4 is 5.91 Å². The van der Waals surface area contributed by atoms with E-state index in [2.05, 4.69) is 0 Å². The Labute approximate surface area is 153 Å². The summed E-state index contributed by atoms with van der Waals surface area (Å²) in [4.78, 5) is 15.1. The molecule has 0 aromatic heterocycles. The first-order chi connectivity index (χ1) is 12.7. The van der Waals surface area contributed by atoms with Gasteiger partial charge in [-0.05, 0) is 48.7 Å². The Kier molecular flexibility index (Phi) is 4.45. The average Bonchev–Trinajstić information content (AvgIpc) is 3.35. The summed E-state index contributed by atoms with van der Waals surface area (Å²) < 4.78 is 16.4. The van der Waals surface area contributed by atoms with E-state index in [1.165, 1.54) is 0 Å². The maximum absolute atomic E-state index is 13.2. The Morgan fingerprint density at radius 3 is 2.85 bits per heavy atom. The molecule has 0 N–H and O–H groups in total. The minimum absolute atomic E-state index is 0.0212. The molecule has 0 radical (unpaired) electrons. The quantitative estimate of drug-likeness (QED) is 0.842. The largest absolute Gasteiger partial charge is 0.497 e. The molecule has 4 rings (SSSR count). The van der Waals surface area contributed by atoms with Crippen LogP contribution >= 0.6 is 0 Å². The van der Waals surface area contributed by atoms with Crippen molar-refractivity contribution in [2.75, 3.05) is 27.4 Å². The fraction of sp³-hybridized carbons (Fsp3) is 0.381. The first-order valence-electron chi connectivity index (χ1n) is 9.00. The van der Waals surface area contributed by atoms with Gasteiger partial charge >= 0.3 is 0 Å². The minimum Gasteiger partial charge on any atom is -0.497 e. The number of nitrogens with zero attached hydrogens (tertiary/aromatic N) is 1. The number of rotatable bonds is 4. The Hall–Kier alpha value is -2.69. The van der Waals surface area contributed by atoms with E-state index < -0.39 is 0 Å². The third kappa shape index (κ3) is 2.87. The van der Waals surface area contributed by atoms with Crippen LogP contribution in [0.5, 0.6) is 17.2 Å². The fourth-order valence-corrected chi connectivity index (χ4v) is 3.91. The number of benzene rings is 2. The van der Waals surface area contributed by atoms with Gasteiger partial charge in [0.15, 0.2) is 0 Å². The topological polar surface area (TPSA) is 48.0 Å². The van der Waals surface area contributed by atoms with Gasteiger partial charge in [-0.15, -0.1) is 0 Å². The van der Waals surface area contributed by atoms with Gasteiger partial charge in [0.1, 0.15) is 17.2 Å². The molecule has 2 aromatic rings. The van der Waals surface area contributed by atoms with Gasteiger partial charge in [0.05, 0.1) is 26.9 Å². The zero-order valence-electron chi connectivity index (χ0n) is 15.2. The van der Waals surface area contributed by atoms with E-state index in [4.69, 9.17) is 14.2 Å². The van der Waals surface area contributed by atoms with Crippen LogP contribution in [0.25, 0.3) is 0 Å². The van der Waals surface area contributed by atoms with Crippen LogP contribution in [0.4, 0.5) is 0 Å². The van der Waals surface area contributed by atoms with Crippen molar-refractivity contribution in [2.45, 2.75) is 25.3 Å². The zero-order valence-corrected chi connectivity index (χ0v) is 15.2. The molecule has 136 valence electrons. The summed E-state index contributed by atoms with van der Waals surface area (Å²) in [6.45, 7) is 1.45. The van der Waals surface area contributed by atoms with Crippen molar-refractivity contribution in [1.29, 1.82) is 0 Å². The highest BCUT2D eigenvalue weighted by atomic mass is 16.5. The van der Waals surface area contributed by atoms with E-state index >= 15 is 0 Å². The van der Waals surface area contributed by atoms with Gasteiger partial charge < -0.3 is 19.1 Å². The fourth-order valence-electron chi connectivity index (χ4n) is 3.91. The number of hydrogen-bond donors (Lipinski definition) is 0. The maximum atomic E-state index is 13.2. The lowest BCUT2D eigenvalue weighted by molar-refractivity contribution is 0.0734. The lowest BCUT2D eigenvalue weighted by Gasteiger charge is -2.27. The van der Waals surface area contributed by atoms with Crippen molar-refractivity contribution in [1.82, 2.24) is 4.90 Å². The molecule has 1 fully saturated rings. The van der Waals surface area contributed by atoms with Gasteiger partial charge in [0, 0.05) is 30.2 Å². The standard InChI is InChI=1S/C21H23NO4/c1-24-16-6-7-17(20(13-16)25-2)18-4-3-10-22(18)21(23)15-5-8-19-14(12-15)9-11-26-19/h5-8,12-13,18H,3-4,9-11H2,1-2H3. The number of fused-ring (bicyclic) bond motifs is 1. The van der Waals surface area contributed by atoms with E-state index in [1.807, 2.05) is 41.3 Å². The third-order valence-corrected chi connectivity index (χ3v) is 5.25. The summed E-state index contributed by atoms with van der Waals surface area (Å²) in [5.41, 5.74) is 2.88. The van der Waals surface area contributed by atoms with Crippen molar-refractivity contribution in [3.8, 4) is 17.2 Å². The number of methoxy groups -OCH3 is 2.